The van der Waals surface area contributed by atoms with E-state index >= 15 is 0 Å². The molecular formula is C17H20FN3O. The van der Waals surface area contributed by atoms with E-state index in [0.717, 1.165) is 37.9 Å². The highest BCUT2D eigenvalue weighted by molar-refractivity contribution is 5.53. The van der Waals surface area contributed by atoms with Gasteiger partial charge in [0, 0.05) is 19.5 Å². The monoisotopic (exact) mass is 301 g/mol. The van der Waals surface area contributed by atoms with Crippen LogP contribution in [0.2, 0.25) is 0 Å². The van der Waals surface area contributed by atoms with Gasteiger partial charge in [-0.15, -0.1) is 10.2 Å². The van der Waals surface area contributed by atoms with Gasteiger partial charge in [0.15, 0.2) is 0 Å². The highest BCUT2D eigenvalue weighted by Gasteiger charge is 2.16. The molecule has 1 aliphatic rings. The lowest BCUT2D eigenvalue weighted by molar-refractivity contribution is 0.223. The molecule has 0 unspecified atom stereocenters. The minimum absolute atomic E-state index is 0.185. The van der Waals surface area contributed by atoms with Gasteiger partial charge in [-0.05, 0) is 30.5 Å². The summed E-state index contributed by atoms with van der Waals surface area (Å²) in [7, 11) is 0. The first kappa shape index (κ1) is 14.9. The van der Waals surface area contributed by atoms with Gasteiger partial charge in [-0.2, -0.15) is 0 Å². The quantitative estimate of drug-likeness (QED) is 0.867. The van der Waals surface area contributed by atoms with Crippen LogP contribution in [0.5, 0.6) is 0 Å². The summed E-state index contributed by atoms with van der Waals surface area (Å²) < 4.78 is 18.7. The Morgan fingerprint density at radius 2 is 2.00 bits per heavy atom. The number of hydrogen-bond donors (Lipinski definition) is 0. The van der Waals surface area contributed by atoms with Gasteiger partial charge in [-0.25, -0.2) is 4.39 Å². The van der Waals surface area contributed by atoms with Crippen LogP contribution in [0.4, 0.5) is 4.39 Å². The van der Waals surface area contributed by atoms with Crippen molar-refractivity contribution in [3.8, 4) is 0 Å². The second kappa shape index (κ2) is 6.83. The maximum absolute atomic E-state index is 13.2. The number of nitrogens with zero attached hydrogens (tertiary/aromatic N) is 3. The van der Waals surface area contributed by atoms with Crippen molar-refractivity contribution in [2.45, 2.75) is 32.7 Å². The Hall–Kier alpha value is -2.01. The molecule has 1 aromatic carbocycles. The number of benzene rings is 1. The van der Waals surface area contributed by atoms with Crippen molar-refractivity contribution in [3.63, 3.8) is 0 Å². The summed E-state index contributed by atoms with van der Waals surface area (Å²) >= 11 is 0. The molecule has 22 heavy (non-hydrogen) atoms. The van der Waals surface area contributed by atoms with Crippen molar-refractivity contribution in [1.29, 1.82) is 0 Å². The predicted octanol–water partition coefficient (Wildman–Crippen LogP) is 3.45. The van der Waals surface area contributed by atoms with E-state index in [4.69, 9.17) is 4.42 Å². The number of rotatable bonds is 4. The number of hydrogen-bond acceptors (Lipinski definition) is 4. The van der Waals surface area contributed by atoms with Gasteiger partial charge in [0.2, 0.25) is 11.8 Å². The summed E-state index contributed by atoms with van der Waals surface area (Å²) in [4.78, 5) is 2.32. The second-order valence-corrected chi connectivity index (χ2v) is 5.58. The zero-order valence-electron chi connectivity index (χ0n) is 12.8. The van der Waals surface area contributed by atoms with Crippen LogP contribution in [0.15, 0.2) is 34.3 Å². The molecule has 1 saturated heterocycles. The Morgan fingerprint density at radius 3 is 2.68 bits per heavy atom. The molecule has 0 bridgehead atoms. The fraction of sp³-hybridized carbons (Fsp3) is 0.412. The highest BCUT2D eigenvalue weighted by Crippen LogP contribution is 2.21. The molecule has 1 fully saturated rings. The average molecular weight is 301 g/mol. The lowest BCUT2D eigenvalue weighted by Gasteiger charge is -2.27. The molecule has 116 valence electrons. The third kappa shape index (κ3) is 3.80. The summed E-state index contributed by atoms with van der Waals surface area (Å²) in [5.41, 5.74) is 2.30. The molecular weight excluding hydrogens is 281 g/mol. The molecule has 0 N–H and O–H groups in total. The van der Waals surface area contributed by atoms with E-state index < -0.39 is 0 Å². The van der Waals surface area contributed by atoms with E-state index in [0.29, 0.717) is 18.3 Å². The van der Waals surface area contributed by atoms with Crippen LogP contribution in [0.3, 0.4) is 0 Å². The number of aromatic nitrogens is 2. The van der Waals surface area contributed by atoms with Gasteiger partial charge < -0.3 is 4.42 Å². The largest absolute Gasteiger partial charge is 0.424 e. The maximum Gasteiger partial charge on any atom is 0.230 e. The third-order valence-corrected chi connectivity index (χ3v) is 3.89. The Labute approximate surface area is 129 Å². The van der Waals surface area contributed by atoms with Crippen LogP contribution in [0, 0.1) is 5.82 Å². The van der Waals surface area contributed by atoms with E-state index in [9.17, 15) is 4.39 Å². The van der Waals surface area contributed by atoms with Crippen LogP contribution < -0.4 is 0 Å². The molecule has 0 atom stereocenters. The predicted molar refractivity (Wildman–Crippen MR) is 82.6 cm³/mol. The summed E-state index contributed by atoms with van der Waals surface area (Å²) in [6.45, 7) is 4.64. The average Bonchev–Trinajstić information content (AvgIpc) is 2.97. The number of halogens is 1. The maximum atomic E-state index is 13.2. The topological polar surface area (TPSA) is 42.2 Å². The molecule has 2 heterocycles. The summed E-state index contributed by atoms with van der Waals surface area (Å²) in [5.74, 6) is 1.20. The zero-order valence-corrected chi connectivity index (χ0v) is 12.8. The third-order valence-electron chi connectivity index (χ3n) is 3.89. The van der Waals surface area contributed by atoms with E-state index in [1.165, 1.54) is 11.6 Å². The lowest BCUT2D eigenvalue weighted by atomic mass is 10.0. The van der Waals surface area contributed by atoms with Gasteiger partial charge in [-0.3, -0.25) is 4.90 Å². The van der Waals surface area contributed by atoms with Crippen LogP contribution in [-0.2, 0) is 13.0 Å². The number of likely N-dealkylation sites (tertiary alicyclic amines) is 1. The van der Waals surface area contributed by atoms with Gasteiger partial charge in [0.1, 0.15) is 5.82 Å². The molecule has 1 aromatic heterocycles. The van der Waals surface area contributed by atoms with Gasteiger partial charge in [-0.1, -0.05) is 30.7 Å². The highest BCUT2D eigenvalue weighted by atomic mass is 19.1. The smallest absolute Gasteiger partial charge is 0.230 e. The lowest BCUT2D eigenvalue weighted by Crippen LogP contribution is -2.30. The van der Waals surface area contributed by atoms with Crippen LogP contribution >= 0.6 is 0 Å². The Balaban J connectivity index is 1.56. The molecule has 4 nitrogen and oxygen atoms in total. The first-order chi connectivity index (χ1) is 10.7. The number of piperidine rings is 1. The van der Waals surface area contributed by atoms with Crippen molar-refractivity contribution in [1.82, 2.24) is 15.1 Å². The Morgan fingerprint density at radius 1 is 1.23 bits per heavy atom. The molecule has 5 heteroatoms. The molecule has 3 rings (SSSR count). The Kier molecular flexibility index (Phi) is 4.63. The molecule has 0 radical (unpaired) electrons. The van der Waals surface area contributed by atoms with Gasteiger partial charge in [0.25, 0.3) is 0 Å². The molecule has 0 spiro atoms. The van der Waals surface area contributed by atoms with Crippen molar-refractivity contribution in [2.75, 3.05) is 13.1 Å². The van der Waals surface area contributed by atoms with E-state index in [1.807, 2.05) is 13.0 Å². The van der Waals surface area contributed by atoms with Gasteiger partial charge >= 0.3 is 0 Å². The van der Waals surface area contributed by atoms with Crippen molar-refractivity contribution < 1.29 is 8.81 Å². The molecule has 0 saturated carbocycles. The molecule has 1 aliphatic heterocycles. The molecule has 0 amide bonds. The van der Waals surface area contributed by atoms with Crippen LogP contribution in [-0.4, -0.2) is 28.2 Å². The van der Waals surface area contributed by atoms with Crippen molar-refractivity contribution >= 4 is 6.08 Å². The van der Waals surface area contributed by atoms with Crippen molar-refractivity contribution in [3.05, 3.63) is 53.0 Å². The van der Waals surface area contributed by atoms with Crippen molar-refractivity contribution in [2.24, 2.45) is 0 Å². The summed E-state index contributed by atoms with van der Waals surface area (Å²) in [6, 6.07) is 6.73. The summed E-state index contributed by atoms with van der Waals surface area (Å²) in [5, 5.41) is 8.05. The fourth-order valence-corrected chi connectivity index (χ4v) is 2.66. The normalized spacial score (nSPS) is 16.0. The number of aryl methyl sites for hydroxylation is 1. The molecule has 2 aromatic rings. The van der Waals surface area contributed by atoms with Crippen LogP contribution in [0.25, 0.3) is 6.08 Å². The SMILES string of the molecule is CCc1nnc(CN2CCC(=Cc3cccc(F)c3)CC2)o1. The standard InChI is InChI=1S/C17H20FN3O/c1-2-16-19-20-17(22-16)12-21-8-6-13(7-9-21)10-14-4-3-5-15(18)11-14/h3-5,10-11H,2,6-9,12H2,1H3. The second-order valence-electron chi connectivity index (χ2n) is 5.58. The minimum atomic E-state index is -0.185. The first-order valence-corrected chi connectivity index (χ1v) is 7.71. The first-order valence-electron chi connectivity index (χ1n) is 7.71. The van der Waals surface area contributed by atoms with E-state index in [2.05, 4.69) is 21.2 Å². The zero-order chi connectivity index (χ0) is 15.4. The summed E-state index contributed by atoms with van der Waals surface area (Å²) in [6.07, 6.45) is 4.85. The molecule has 0 aliphatic carbocycles. The van der Waals surface area contributed by atoms with E-state index in [-0.39, 0.29) is 5.82 Å². The van der Waals surface area contributed by atoms with Gasteiger partial charge in [0.05, 0.1) is 6.54 Å². The fourth-order valence-electron chi connectivity index (χ4n) is 2.66. The van der Waals surface area contributed by atoms with E-state index in [1.54, 1.807) is 12.1 Å². The Bertz CT molecular complexity index is 655. The minimum Gasteiger partial charge on any atom is -0.424 e. The van der Waals surface area contributed by atoms with Crippen LogP contribution in [0.1, 0.15) is 37.1 Å².